The standard InChI is InChI=1S/C19H22ClNO3/c1-12-9-15(10-13(2)19(12)20)24-11-18(22)21-14(3)16-7-5-6-8-17(16)23-4/h5-10,14H,11H2,1-4H3,(H,21,22)/t14-/m1/s1. The van der Waals surface area contributed by atoms with Crippen LogP contribution in [0.15, 0.2) is 36.4 Å². The number of halogens is 1. The molecule has 24 heavy (non-hydrogen) atoms. The molecule has 0 aliphatic carbocycles. The van der Waals surface area contributed by atoms with E-state index in [2.05, 4.69) is 5.32 Å². The van der Waals surface area contributed by atoms with Crippen LogP contribution >= 0.6 is 11.6 Å². The van der Waals surface area contributed by atoms with Gasteiger partial charge in [-0.15, -0.1) is 0 Å². The molecule has 0 fully saturated rings. The molecule has 2 rings (SSSR count). The molecule has 1 N–H and O–H groups in total. The van der Waals surface area contributed by atoms with Crippen LogP contribution in [0.1, 0.15) is 29.7 Å². The van der Waals surface area contributed by atoms with Crippen molar-refractivity contribution in [1.82, 2.24) is 5.32 Å². The van der Waals surface area contributed by atoms with Gasteiger partial charge in [0.25, 0.3) is 5.91 Å². The van der Waals surface area contributed by atoms with Crippen LogP contribution in [0.25, 0.3) is 0 Å². The number of amides is 1. The topological polar surface area (TPSA) is 47.6 Å². The van der Waals surface area contributed by atoms with Crippen LogP contribution in [0, 0.1) is 13.8 Å². The van der Waals surface area contributed by atoms with Gasteiger partial charge in [0.2, 0.25) is 0 Å². The highest BCUT2D eigenvalue weighted by Crippen LogP contribution is 2.26. The summed E-state index contributed by atoms with van der Waals surface area (Å²) in [5, 5.41) is 3.63. The van der Waals surface area contributed by atoms with Crippen molar-refractivity contribution in [2.24, 2.45) is 0 Å². The van der Waals surface area contributed by atoms with Gasteiger partial charge in [0.05, 0.1) is 13.2 Å². The molecule has 0 aliphatic heterocycles. The number of para-hydroxylation sites is 1. The highest BCUT2D eigenvalue weighted by Gasteiger charge is 2.14. The fourth-order valence-electron chi connectivity index (χ4n) is 2.52. The highest BCUT2D eigenvalue weighted by molar-refractivity contribution is 6.32. The zero-order chi connectivity index (χ0) is 17.7. The van der Waals surface area contributed by atoms with E-state index in [-0.39, 0.29) is 18.6 Å². The van der Waals surface area contributed by atoms with Crippen LogP contribution < -0.4 is 14.8 Å². The monoisotopic (exact) mass is 347 g/mol. The summed E-state index contributed by atoms with van der Waals surface area (Å²) in [5.41, 5.74) is 2.77. The number of aryl methyl sites for hydroxylation is 2. The van der Waals surface area contributed by atoms with E-state index in [0.29, 0.717) is 5.75 Å². The molecular formula is C19H22ClNO3. The predicted molar refractivity (Wildman–Crippen MR) is 96.0 cm³/mol. The summed E-state index contributed by atoms with van der Waals surface area (Å²) in [4.78, 5) is 12.1. The van der Waals surface area contributed by atoms with E-state index in [1.807, 2.05) is 57.2 Å². The number of nitrogens with one attached hydrogen (secondary N) is 1. The molecular weight excluding hydrogens is 326 g/mol. The number of hydrogen-bond donors (Lipinski definition) is 1. The molecule has 0 bridgehead atoms. The van der Waals surface area contributed by atoms with Gasteiger partial charge >= 0.3 is 0 Å². The summed E-state index contributed by atoms with van der Waals surface area (Å²) in [6.45, 7) is 5.67. The molecule has 4 nitrogen and oxygen atoms in total. The van der Waals surface area contributed by atoms with E-state index in [4.69, 9.17) is 21.1 Å². The SMILES string of the molecule is COc1ccccc1[C@@H](C)NC(=O)COc1cc(C)c(Cl)c(C)c1. The fourth-order valence-corrected chi connectivity index (χ4v) is 2.63. The van der Waals surface area contributed by atoms with Crippen molar-refractivity contribution in [2.75, 3.05) is 13.7 Å². The predicted octanol–water partition coefficient (Wildman–Crippen LogP) is 4.22. The highest BCUT2D eigenvalue weighted by atomic mass is 35.5. The van der Waals surface area contributed by atoms with Crippen LogP contribution in [0.2, 0.25) is 5.02 Å². The molecule has 0 saturated heterocycles. The Morgan fingerprint density at radius 2 is 1.83 bits per heavy atom. The van der Waals surface area contributed by atoms with Gasteiger partial charge < -0.3 is 14.8 Å². The summed E-state index contributed by atoms with van der Waals surface area (Å²) >= 11 is 6.13. The maximum atomic E-state index is 12.1. The Morgan fingerprint density at radius 1 is 1.21 bits per heavy atom. The Hall–Kier alpha value is -2.20. The van der Waals surface area contributed by atoms with Gasteiger partial charge in [0, 0.05) is 10.6 Å². The Bertz CT molecular complexity index is 707. The third-order valence-electron chi connectivity index (χ3n) is 3.76. The second-order valence-electron chi connectivity index (χ2n) is 5.69. The number of carbonyl (C=O) groups is 1. The molecule has 0 unspecified atom stereocenters. The number of hydrogen-bond acceptors (Lipinski definition) is 3. The Kier molecular flexibility index (Phi) is 6.10. The van der Waals surface area contributed by atoms with Gasteiger partial charge in [0.15, 0.2) is 6.61 Å². The van der Waals surface area contributed by atoms with Crippen molar-refractivity contribution in [3.63, 3.8) is 0 Å². The van der Waals surface area contributed by atoms with Gasteiger partial charge in [-0.3, -0.25) is 4.79 Å². The van der Waals surface area contributed by atoms with Crippen molar-refractivity contribution in [3.8, 4) is 11.5 Å². The zero-order valence-electron chi connectivity index (χ0n) is 14.4. The third kappa shape index (κ3) is 4.42. The number of benzene rings is 2. The van der Waals surface area contributed by atoms with Gasteiger partial charge in [-0.1, -0.05) is 29.8 Å². The smallest absolute Gasteiger partial charge is 0.258 e. The Labute approximate surface area is 147 Å². The molecule has 2 aromatic carbocycles. The van der Waals surface area contributed by atoms with Crippen LogP contribution in [0.3, 0.4) is 0 Å². The van der Waals surface area contributed by atoms with Gasteiger partial charge in [-0.25, -0.2) is 0 Å². The summed E-state index contributed by atoms with van der Waals surface area (Å²) < 4.78 is 10.9. The maximum Gasteiger partial charge on any atom is 0.258 e. The van der Waals surface area contributed by atoms with Gasteiger partial charge in [0.1, 0.15) is 11.5 Å². The largest absolute Gasteiger partial charge is 0.496 e. The molecule has 1 amide bonds. The number of ether oxygens (including phenoxy) is 2. The molecule has 0 radical (unpaired) electrons. The van der Waals surface area contributed by atoms with E-state index in [0.717, 1.165) is 27.5 Å². The van der Waals surface area contributed by atoms with Crippen LogP contribution in [0.4, 0.5) is 0 Å². The van der Waals surface area contributed by atoms with Crippen molar-refractivity contribution in [3.05, 3.63) is 58.1 Å². The van der Waals surface area contributed by atoms with E-state index in [1.165, 1.54) is 0 Å². The lowest BCUT2D eigenvalue weighted by atomic mass is 10.1. The average Bonchev–Trinajstić information content (AvgIpc) is 2.57. The van der Waals surface area contributed by atoms with Crippen LogP contribution in [0.5, 0.6) is 11.5 Å². The van der Waals surface area contributed by atoms with Gasteiger partial charge in [-0.05, 0) is 50.1 Å². The molecule has 0 aromatic heterocycles. The Morgan fingerprint density at radius 3 is 2.46 bits per heavy atom. The first-order valence-electron chi connectivity index (χ1n) is 7.74. The summed E-state index contributed by atoms with van der Waals surface area (Å²) in [7, 11) is 1.61. The van der Waals surface area contributed by atoms with Crippen molar-refractivity contribution < 1.29 is 14.3 Å². The van der Waals surface area contributed by atoms with E-state index in [1.54, 1.807) is 7.11 Å². The van der Waals surface area contributed by atoms with Gasteiger partial charge in [-0.2, -0.15) is 0 Å². The summed E-state index contributed by atoms with van der Waals surface area (Å²) in [5.74, 6) is 1.18. The zero-order valence-corrected chi connectivity index (χ0v) is 15.1. The second kappa shape index (κ2) is 8.06. The lowest BCUT2D eigenvalue weighted by Crippen LogP contribution is -2.31. The van der Waals surface area contributed by atoms with E-state index >= 15 is 0 Å². The van der Waals surface area contributed by atoms with Crippen molar-refractivity contribution in [2.45, 2.75) is 26.8 Å². The first-order valence-corrected chi connectivity index (χ1v) is 8.12. The number of carbonyl (C=O) groups excluding carboxylic acids is 1. The minimum Gasteiger partial charge on any atom is -0.496 e. The normalized spacial score (nSPS) is 11.7. The van der Waals surface area contributed by atoms with Crippen molar-refractivity contribution in [1.29, 1.82) is 0 Å². The minimum absolute atomic E-state index is 0.0556. The molecule has 0 heterocycles. The third-order valence-corrected chi connectivity index (χ3v) is 4.36. The second-order valence-corrected chi connectivity index (χ2v) is 6.07. The maximum absolute atomic E-state index is 12.1. The van der Waals surface area contributed by atoms with Crippen molar-refractivity contribution >= 4 is 17.5 Å². The van der Waals surface area contributed by atoms with Crippen LogP contribution in [-0.2, 0) is 4.79 Å². The summed E-state index contributed by atoms with van der Waals surface area (Å²) in [6.07, 6.45) is 0. The van der Waals surface area contributed by atoms with E-state index in [9.17, 15) is 4.79 Å². The molecule has 0 saturated carbocycles. The van der Waals surface area contributed by atoms with Crippen LogP contribution in [-0.4, -0.2) is 19.6 Å². The molecule has 2 aromatic rings. The average molecular weight is 348 g/mol. The molecule has 0 spiro atoms. The number of rotatable bonds is 6. The lowest BCUT2D eigenvalue weighted by molar-refractivity contribution is -0.123. The fraction of sp³-hybridized carbons (Fsp3) is 0.316. The molecule has 128 valence electrons. The molecule has 1 atom stereocenters. The van der Waals surface area contributed by atoms with E-state index < -0.39 is 0 Å². The first-order chi connectivity index (χ1) is 11.4. The quantitative estimate of drug-likeness (QED) is 0.851. The first kappa shape index (κ1) is 18.1. The lowest BCUT2D eigenvalue weighted by Gasteiger charge is -2.17. The Balaban J connectivity index is 1.96. The summed E-state index contributed by atoms with van der Waals surface area (Å²) in [6, 6.07) is 11.1. The minimum atomic E-state index is -0.196. The number of methoxy groups -OCH3 is 1. The molecule has 5 heteroatoms. The molecule has 0 aliphatic rings.